The molecule has 0 N–H and O–H groups in total. The third-order valence-electron chi connectivity index (χ3n) is 5.21. The summed E-state index contributed by atoms with van der Waals surface area (Å²) in [4.78, 5) is 13.4. The van der Waals surface area contributed by atoms with Crippen molar-refractivity contribution in [2.45, 2.75) is 39.5 Å². The number of nitrogens with zero attached hydrogens (tertiary/aromatic N) is 1. The molecule has 0 aromatic heterocycles. The van der Waals surface area contributed by atoms with Crippen LogP contribution in [0.2, 0.25) is 0 Å². The molecule has 0 aliphatic heterocycles. The zero-order valence-electron chi connectivity index (χ0n) is 18.5. The maximum Gasteiger partial charge on any atom is 0.278 e. The smallest absolute Gasteiger partial charge is 0.278 e. The summed E-state index contributed by atoms with van der Waals surface area (Å²) in [6, 6.07) is 17.2. The van der Waals surface area contributed by atoms with Crippen molar-refractivity contribution in [3.63, 3.8) is 0 Å². The minimum atomic E-state index is -4.12. The molecule has 3 aromatic rings. The lowest BCUT2D eigenvalue weighted by molar-refractivity contribution is -0.119. The molecule has 0 aliphatic rings. The number of ether oxygens (including phenoxy) is 1. The Kier molecular flexibility index (Phi) is 6.51. The van der Waals surface area contributed by atoms with E-state index >= 15 is 0 Å². The van der Waals surface area contributed by atoms with E-state index in [0.717, 1.165) is 26.6 Å². The maximum atomic E-state index is 13.5. The largest absolute Gasteiger partial charge is 0.483 e. The Hall–Kier alpha value is -3.12. The van der Waals surface area contributed by atoms with Crippen molar-refractivity contribution < 1.29 is 17.9 Å². The molecule has 31 heavy (non-hydrogen) atoms. The van der Waals surface area contributed by atoms with Crippen LogP contribution >= 0.6 is 0 Å². The summed E-state index contributed by atoms with van der Waals surface area (Å²) in [7, 11) is -4.12. The van der Waals surface area contributed by atoms with Crippen LogP contribution in [0, 0.1) is 34.6 Å². The number of amides is 1. The Morgan fingerprint density at radius 2 is 1.52 bits per heavy atom. The number of carbonyl (C=O) groups is 1. The van der Waals surface area contributed by atoms with Crippen molar-refractivity contribution in [3.8, 4) is 5.75 Å². The van der Waals surface area contributed by atoms with Crippen molar-refractivity contribution >= 4 is 21.6 Å². The van der Waals surface area contributed by atoms with Crippen LogP contribution in [0.3, 0.4) is 0 Å². The molecule has 3 rings (SSSR count). The Bertz CT molecular complexity index is 1220. The fourth-order valence-corrected chi connectivity index (χ4v) is 4.87. The highest BCUT2D eigenvalue weighted by Gasteiger charge is 2.32. The molecule has 0 radical (unpaired) electrons. The van der Waals surface area contributed by atoms with Gasteiger partial charge in [-0.25, -0.2) is 8.42 Å². The Balaban J connectivity index is 2.03. The maximum absolute atomic E-state index is 13.5. The minimum Gasteiger partial charge on any atom is -0.483 e. The number of hydrogen-bond donors (Lipinski definition) is 0. The molecule has 5 nitrogen and oxygen atoms in total. The minimum absolute atomic E-state index is 0.0480. The molecule has 0 fully saturated rings. The van der Waals surface area contributed by atoms with Gasteiger partial charge in [0.05, 0.1) is 10.6 Å². The van der Waals surface area contributed by atoms with Crippen LogP contribution in [0.1, 0.15) is 27.8 Å². The van der Waals surface area contributed by atoms with Crippen LogP contribution in [0.5, 0.6) is 5.75 Å². The molecule has 0 aliphatic carbocycles. The molecular formula is C25H27NO4S. The van der Waals surface area contributed by atoms with Gasteiger partial charge in [0.25, 0.3) is 15.9 Å². The second-order valence-corrected chi connectivity index (χ2v) is 9.55. The van der Waals surface area contributed by atoms with E-state index in [1.165, 1.54) is 12.1 Å². The van der Waals surface area contributed by atoms with Crippen LogP contribution in [0.4, 0.5) is 5.69 Å². The van der Waals surface area contributed by atoms with E-state index in [4.69, 9.17) is 4.74 Å². The molecule has 3 aromatic carbocycles. The standard InChI is InChI=1S/C25H27NO4S/c1-17-11-12-19(3)23(14-17)26(31(28,29)22-9-7-6-8-10-22)25(27)16-30-24-15-18(2)13-20(4)21(24)5/h6-15H,16H2,1-5H3. The summed E-state index contributed by atoms with van der Waals surface area (Å²) < 4.78 is 33.6. The van der Waals surface area contributed by atoms with Crippen LogP contribution in [-0.2, 0) is 14.8 Å². The number of anilines is 1. The van der Waals surface area contributed by atoms with E-state index in [9.17, 15) is 13.2 Å². The monoisotopic (exact) mass is 437 g/mol. The fourth-order valence-electron chi connectivity index (χ4n) is 3.38. The molecule has 1 amide bonds. The van der Waals surface area contributed by atoms with Crippen LogP contribution < -0.4 is 9.04 Å². The van der Waals surface area contributed by atoms with Gasteiger partial charge in [-0.2, -0.15) is 4.31 Å². The van der Waals surface area contributed by atoms with Gasteiger partial charge in [0.2, 0.25) is 0 Å². The van der Waals surface area contributed by atoms with Crippen molar-refractivity contribution in [2.75, 3.05) is 10.9 Å². The van der Waals surface area contributed by atoms with E-state index in [-0.39, 0.29) is 4.90 Å². The van der Waals surface area contributed by atoms with E-state index in [0.29, 0.717) is 17.0 Å². The van der Waals surface area contributed by atoms with Gasteiger partial charge in [0.1, 0.15) is 5.75 Å². The van der Waals surface area contributed by atoms with Gasteiger partial charge in [0.15, 0.2) is 6.61 Å². The normalized spacial score (nSPS) is 11.3. The number of carbonyl (C=O) groups excluding carboxylic acids is 1. The summed E-state index contributed by atoms with van der Waals surface area (Å²) in [6.45, 7) is 9.07. The van der Waals surface area contributed by atoms with Gasteiger partial charge in [-0.15, -0.1) is 0 Å². The Morgan fingerprint density at radius 3 is 2.19 bits per heavy atom. The first-order valence-electron chi connectivity index (χ1n) is 10.0. The highest BCUT2D eigenvalue weighted by atomic mass is 32.2. The molecule has 0 heterocycles. The highest BCUT2D eigenvalue weighted by Crippen LogP contribution is 2.29. The summed E-state index contributed by atoms with van der Waals surface area (Å²) in [5.74, 6) is -0.0833. The topological polar surface area (TPSA) is 63.7 Å². The lowest BCUT2D eigenvalue weighted by Crippen LogP contribution is -2.40. The lowest BCUT2D eigenvalue weighted by atomic mass is 10.1. The van der Waals surface area contributed by atoms with Crippen molar-refractivity contribution in [1.82, 2.24) is 0 Å². The van der Waals surface area contributed by atoms with Gasteiger partial charge in [-0.05, 0) is 86.7 Å². The number of benzene rings is 3. The van der Waals surface area contributed by atoms with E-state index in [1.54, 1.807) is 37.3 Å². The fraction of sp³-hybridized carbons (Fsp3) is 0.240. The van der Waals surface area contributed by atoms with E-state index in [1.807, 2.05) is 45.9 Å². The molecule has 0 saturated heterocycles. The second kappa shape index (κ2) is 8.94. The third kappa shape index (κ3) is 4.80. The lowest BCUT2D eigenvalue weighted by Gasteiger charge is -2.25. The third-order valence-corrected chi connectivity index (χ3v) is 6.96. The molecule has 0 bridgehead atoms. The van der Waals surface area contributed by atoms with Crippen LogP contribution in [0.25, 0.3) is 0 Å². The Morgan fingerprint density at radius 1 is 0.839 bits per heavy atom. The quantitative estimate of drug-likeness (QED) is 0.543. The second-order valence-electron chi connectivity index (χ2n) is 7.76. The molecule has 0 atom stereocenters. The average Bonchev–Trinajstić information content (AvgIpc) is 2.72. The first-order valence-corrected chi connectivity index (χ1v) is 11.5. The average molecular weight is 438 g/mol. The Labute approximate surface area is 184 Å². The number of hydrogen-bond acceptors (Lipinski definition) is 4. The molecule has 0 saturated carbocycles. The van der Waals surface area contributed by atoms with Gasteiger partial charge in [-0.3, -0.25) is 4.79 Å². The van der Waals surface area contributed by atoms with Crippen molar-refractivity contribution in [2.24, 2.45) is 0 Å². The van der Waals surface area contributed by atoms with Gasteiger partial charge in [0, 0.05) is 0 Å². The molecule has 0 spiro atoms. The first-order chi connectivity index (χ1) is 14.6. The van der Waals surface area contributed by atoms with Crippen LogP contribution in [-0.4, -0.2) is 20.9 Å². The predicted molar refractivity (Wildman–Crippen MR) is 123 cm³/mol. The number of sulfonamides is 1. The van der Waals surface area contributed by atoms with Crippen LogP contribution in [0.15, 0.2) is 65.6 Å². The summed E-state index contributed by atoms with van der Waals surface area (Å²) in [5, 5.41) is 0. The molecule has 162 valence electrons. The molecule has 6 heteroatoms. The number of aryl methyl sites for hydroxylation is 4. The number of rotatable bonds is 6. The van der Waals surface area contributed by atoms with Crippen molar-refractivity contribution in [1.29, 1.82) is 0 Å². The summed E-state index contributed by atoms with van der Waals surface area (Å²) in [5.41, 5.74) is 4.84. The highest BCUT2D eigenvalue weighted by molar-refractivity contribution is 7.93. The van der Waals surface area contributed by atoms with E-state index in [2.05, 4.69) is 0 Å². The van der Waals surface area contributed by atoms with E-state index < -0.39 is 22.5 Å². The predicted octanol–water partition coefficient (Wildman–Crippen LogP) is 5.03. The zero-order chi connectivity index (χ0) is 22.8. The van der Waals surface area contributed by atoms with Crippen molar-refractivity contribution in [3.05, 3.63) is 88.5 Å². The van der Waals surface area contributed by atoms with Gasteiger partial charge in [-0.1, -0.05) is 36.4 Å². The first kappa shape index (κ1) is 22.6. The zero-order valence-corrected chi connectivity index (χ0v) is 19.3. The molecule has 0 unspecified atom stereocenters. The summed E-state index contributed by atoms with van der Waals surface area (Å²) in [6.07, 6.45) is 0. The van der Waals surface area contributed by atoms with Gasteiger partial charge >= 0.3 is 0 Å². The molecular weight excluding hydrogens is 410 g/mol. The summed E-state index contributed by atoms with van der Waals surface area (Å²) >= 11 is 0. The SMILES string of the molecule is Cc1cc(C)c(C)c(OCC(=O)N(c2cc(C)ccc2C)S(=O)(=O)c2ccccc2)c1. The van der Waals surface area contributed by atoms with Gasteiger partial charge < -0.3 is 4.74 Å².